The van der Waals surface area contributed by atoms with Gasteiger partial charge >= 0.3 is 0 Å². The standard InChI is InChI=1S/C13H24O/c1-3-5-6-7-10-13(9-4-2)11-8-12-14/h4,11,14H,2-3,5-10,12H2,1H3/b13-11-. The summed E-state index contributed by atoms with van der Waals surface area (Å²) in [6.45, 7) is 6.24. The Labute approximate surface area is 88.5 Å². The molecule has 0 fully saturated rings. The molecule has 0 aliphatic carbocycles. The summed E-state index contributed by atoms with van der Waals surface area (Å²) in [4.78, 5) is 0. The number of allylic oxidation sites excluding steroid dienone is 2. The zero-order chi connectivity index (χ0) is 10.6. The average molecular weight is 196 g/mol. The highest BCUT2D eigenvalue weighted by atomic mass is 16.2. The summed E-state index contributed by atoms with van der Waals surface area (Å²) in [5, 5.41) is 8.72. The van der Waals surface area contributed by atoms with Gasteiger partial charge in [0.15, 0.2) is 0 Å². The van der Waals surface area contributed by atoms with Crippen LogP contribution < -0.4 is 0 Å². The molecule has 0 saturated carbocycles. The second kappa shape index (κ2) is 10.5. The van der Waals surface area contributed by atoms with Crippen molar-refractivity contribution < 1.29 is 5.11 Å². The van der Waals surface area contributed by atoms with Crippen LogP contribution in [0.5, 0.6) is 0 Å². The molecular weight excluding hydrogens is 172 g/mol. The maximum atomic E-state index is 8.72. The first-order chi connectivity index (χ1) is 6.85. The Morgan fingerprint density at radius 3 is 2.64 bits per heavy atom. The van der Waals surface area contributed by atoms with Crippen molar-refractivity contribution in [3.8, 4) is 0 Å². The van der Waals surface area contributed by atoms with E-state index in [-0.39, 0.29) is 6.61 Å². The summed E-state index contributed by atoms with van der Waals surface area (Å²) in [7, 11) is 0. The van der Waals surface area contributed by atoms with Crippen molar-refractivity contribution in [3.63, 3.8) is 0 Å². The second-order valence-corrected chi connectivity index (χ2v) is 3.68. The van der Waals surface area contributed by atoms with Crippen LogP contribution in [0.1, 0.15) is 51.9 Å². The summed E-state index contributed by atoms with van der Waals surface area (Å²) in [5.41, 5.74) is 1.44. The van der Waals surface area contributed by atoms with Crippen LogP contribution in [0.4, 0.5) is 0 Å². The van der Waals surface area contributed by atoms with E-state index in [1.54, 1.807) is 0 Å². The third-order valence-electron chi connectivity index (χ3n) is 2.32. The molecule has 0 rings (SSSR count). The normalized spacial score (nSPS) is 11.7. The highest BCUT2D eigenvalue weighted by Gasteiger charge is 1.95. The molecule has 0 heterocycles. The SMILES string of the molecule is C=CC/C(=C/CCO)CCCCCC. The van der Waals surface area contributed by atoms with E-state index in [1.165, 1.54) is 37.7 Å². The molecule has 0 aliphatic rings. The molecule has 1 N–H and O–H groups in total. The van der Waals surface area contributed by atoms with Gasteiger partial charge in [-0.25, -0.2) is 0 Å². The average Bonchev–Trinajstić information content (AvgIpc) is 2.20. The monoisotopic (exact) mass is 196 g/mol. The summed E-state index contributed by atoms with van der Waals surface area (Å²) in [6, 6.07) is 0. The van der Waals surface area contributed by atoms with E-state index in [1.807, 2.05) is 6.08 Å². The summed E-state index contributed by atoms with van der Waals surface area (Å²) >= 11 is 0. The van der Waals surface area contributed by atoms with Crippen LogP contribution in [-0.2, 0) is 0 Å². The van der Waals surface area contributed by atoms with Crippen LogP contribution in [0.3, 0.4) is 0 Å². The smallest absolute Gasteiger partial charge is 0.0465 e. The zero-order valence-electron chi connectivity index (χ0n) is 9.47. The van der Waals surface area contributed by atoms with Gasteiger partial charge in [-0.2, -0.15) is 0 Å². The fourth-order valence-corrected chi connectivity index (χ4v) is 1.52. The van der Waals surface area contributed by atoms with Gasteiger partial charge < -0.3 is 5.11 Å². The molecule has 0 atom stereocenters. The van der Waals surface area contributed by atoms with Crippen LogP contribution in [0.2, 0.25) is 0 Å². The lowest BCUT2D eigenvalue weighted by atomic mass is 10.0. The molecule has 0 aromatic heterocycles. The van der Waals surface area contributed by atoms with Gasteiger partial charge in [0.25, 0.3) is 0 Å². The summed E-state index contributed by atoms with van der Waals surface area (Å²) in [5.74, 6) is 0. The number of hydrogen-bond donors (Lipinski definition) is 1. The maximum absolute atomic E-state index is 8.72. The molecular formula is C13H24O. The molecule has 0 spiro atoms. The summed E-state index contributed by atoms with van der Waals surface area (Å²) in [6.07, 6.45) is 12.3. The Kier molecular flexibility index (Phi) is 10.1. The van der Waals surface area contributed by atoms with E-state index >= 15 is 0 Å². The molecule has 0 aliphatic heterocycles. The van der Waals surface area contributed by atoms with Gasteiger partial charge in [-0.3, -0.25) is 0 Å². The van der Waals surface area contributed by atoms with Crippen molar-refractivity contribution in [2.45, 2.75) is 51.9 Å². The van der Waals surface area contributed by atoms with E-state index in [4.69, 9.17) is 5.11 Å². The van der Waals surface area contributed by atoms with Crippen LogP contribution in [0.25, 0.3) is 0 Å². The van der Waals surface area contributed by atoms with Gasteiger partial charge in [-0.15, -0.1) is 6.58 Å². The molecule has 82 valence electrons. The van der Waals surface area contributed by atoms with Crippen LogP contribution in [0, 0.1) is 0 Å². The molecule has 0 radical (unpaired) electrons. The fraction of sp³-hybridized carbons (Fsp3) is 0.692. The minimum Gasteiger partial charge on any atom is -0.396 e. The van der Waals surface area contributed by atoms with E-state index in [0.717, 1.165) is 12.8 Å². The summed E-state index contributed by atoms with van der Waals surface area (Å²) < 4.78 is 0. The minimum absolute atomic E-state index is 0.260. The molecule has 1 nitrogen and oxygen atoms in total. The van der Waals surface area contributed by atoms with Crippen molar-refractivity contribution in [1.82, 2.24) is 0 Å². The zero-order valence-corrected chi connectivity index (χ0v) is 9.47. The van der Waals surface area contributed by atoms with Crippen LogP contribution in [-0.4, -0.2) is 11.7 Å². The quantitative estimate of drug-likeness (QED) is 0.439. The Bertz CT molecular complexity index is 159. The predicted octanol–water partition coefficient (Wildman–Crippen LogP) is 3.84. The first kappa shape index (κ1) is 13.4. The lowest BCUT2D eigenvalue weighted by Crippen LogP contribution is -1.86. The largest absolute Gasteiger partial charge is 0.396 e. The first-order valence-corrected chi connectivity index (χ1v) is 5.74. The number of aliphatic hydroxyl groups is 1. The predicted molar refractivity (Wildman–Crippen MR) is 63.4 cm³/mol. The highest BCUT2D eigenvalue weighted by molar-refractivity contribution is 5.06. The Morgan fingerprint density at radius 1 is 1.29 bits per heavy atom. The Hall–Kier alpha value is -0.560. The van der Waals surface area contributed by atoms with Crippen molar-refractivity contribution in [2.75, 3.05) is 6.61 Å². The lowest BCUT2D eigenvalue weighted by molar-refractivity contribution is 0.302. The Morgan fingerprint density at radius 2 is 2.07 bits per heavy atom. The van der Waals surface area contributed by atoms with E-state index < -0.39 is 0 Å². The third kappa shape index (κ3) is 8.06. The van der Waals surface area contributed by atoms with Crippen LogP contribution in [0.15, 0.2) is 24.3 Å². The fourth-order valence-electron chi connectivity index (χ4n) is 1.52. The second-order valence-electron chi connectivity index (χ2n) is 3.68. The first-order valence-electron chi connectivity index (χ1n) is 5.74. The molecule has 0 aromatic rings. The molecule has 0 unspecified atom stereocenters. The van der Waals surface area contributed by atoms with Gasteiger partial charge in [0.1, 0.15) is 0 Å². The molecule has 1 heteroatoms. The topological polar surface area (TPSA) is 20.2 Å². The number of hydrogen-bond acceptors (Lipinski definition) is 1. The number of rotatable bonds is 9. The van der Waals surface area contributed by atoms with Gasteiger partial charge in [0.05, 0.1) is 0 Å². The molecule has 0 amide bonds. The van der Waals surface area contributed by atoms with Crippen molar-refractivity contribution in [2.24, 2.45) is 0 Å². The number of aliphatic hydroxyl groups excluding tert-OH is 1. The van der Waals surface area contributed by atoms with E-state index in [0.29, 0.717) is 0 Å². The highest BCUT2D eigenvalue weighted by Crippen LogP contribution is 2.14. The van der Waals surface area contributed by atoms with E-state index in [2.05, 4.69) is 19.6 Å². The van der Waals surface area contributed by atoms with E-state index in [9.17, 15) is 0 Å². The molecule has 0 saturated heterocycles. The minimum atomic E-state index is 0.260. The molecule has 0 bridgehead atoms. The van der Waals surface area contributed by atoms with Crippen molar-refractivity contribution >= 4 is 0 Å². The van der Waals surface area contributed by atoms with Crippen LogP contribution >= 0.6 is 0 Å². The third-order valence-corrected chi connectivity index (χ3v) is 2.32. The van der Waals surface area contributed by atoms with Gasteiger partial charge in [-0.1, -0.05) is 43.9 Å². The van der Waals surface area contributed by atoms with Crippen molar-refractivity contribution in [1.29, 1.82) is 0 Å². The number of unbranched alkanes of at least 4 members (excludes halogenated alkanes) is 3. The van der Waals surface area contributed by atoms with Gasteiger partial charge in [-0.05, 0) is 25.7 Å². The Balaban J connectivity index is 3.66. The molecule has 0 aromatic carbocycles. The van der Waals surface area contributed by atoms with Gasteiger partial charge in [0.2, 0.25) is 0 Å². The molecule has 14 heavy (non-hydrogen) atoms. The van der Waals surface area contributed by atoms with Crippen molar-refractivity contribution in [3.05, 3.63) is 24.3 Å². The lowest BCUT2D eigenvalue weighted by Gasteiger charge is -2.04. The maximum Gasteiger partial charge on any atom is 0.0465 e. The van der Waals surface area contributed by atoms with Gasteiger partial charge in [0, 0.05) is 6.61 Å².